The number of carbonyl (C=O) groups is 1. The molecular weight excluding hydrogens is 436 g/mol. The molecule has 0 aromatic rings. The lowest BCUT2D eigenvalue weighted by atomic mass is 10.0. The lowest BCUT2D eigenvalue weighted by molar-refractivity contribution is -0.918. The van der Waals surface area contributed by atoms with Crippen molar-refractivity contribution < 1.29 is 9.28 Å². The van der Waals surface area contributed by atoms with Crippen LogP contribution in [0.15, 0.2) is 12.7 Å². The van der Waals surface area contributed by atoms with Gasteiger partial charge in [0.1, 0.15) is 0 Å². The Morgan fingerprint density at radius 3 is 1.63 bits per heavy atom. The van der Waals surface area contributed by atoms with Crippen LogP contribution in [-0.2, 0) is 4.79 Å². The summed E-state index contributed by atoms with van der Waals surface area (Å²) in [6, 6.07) is 0. The highest BCUT2D eigenvalue weighted by molar-refractivity contribution is 8.93. The van der Waals surface area contributed by atoms with Crippen LogP contribution in [0.1, 0.15) is 111 Å². The fourth-order valence-electron chi connectivity index (χ4n) is 4.13. The predicted octanol–water partition coefficient (Wildman–Crippen LogP) is 7.55. The highest BCUT2D eigenvalue weighted by atomic mass is 79.9. The maximum Gasteiger partial charge on any atom is 0.222 e. The van der Waals surface area contributed by atoms with Gasteiger partial charge in [0.25, 0.3) is 0 Å². The van der Waals surface area contributed by atoms with E-state index in [-0.39, 0.29) is 17.0 Å². The predicted molar refractivity (Wildman–Crippen MR) is 140 cm³/mol. The van der Waals surface area contributed by atoms with Crippen molar-refractivity contribution in [1.82, 2.24) is 4.90 Å². The fraction of sp³-hybridized carbons (Fsp3) is 0.885. The summed E-state index contributed by atoms with van der Waals surface area (Å²) < 4.78 is 1.03. The van der Waals surface area contributed by atoms with Gasteiger partial charge in [0, 0.05) is 13.5 Å². The van der Waals surface area contributed by atoms with Crippen molar-refractivity contribution >= 4 is 22.9 Å². The molecule has 0 fully saturated rings. The molecule has 0 radical (unpaired) electrons. The van der Waals surface area contributed by atoms with Crippen LogP contribution in [-0.4, -0.2) is 55.1 Å². The molecule has 0 bridgehead atoms. The fourth-order valence-corrected chi connectivity index (χ4v) is 4.13. The van der Waals surface area contributed by atoms with Crippen molar-refractivity contribution in [3.63, 3.8) is 0 Å². The van der Waals surface area contributed by atoms with Gasteiger partial charge in [-0.25, -0.2) is 0 Å². The van der Waals surface area contributed by atoms with Gasteiger partial charge in [-0.3, -0.25) is 4.79 Å². The lowest BCUT2D eigenvalue weighted by Crippen LogP contribution is -2.51. The molecule has 0 aliphatic rings. The van der Waals surface area contributed by atoms with Gasteiger partial charge in [0.15, 0.2) is 0 Å². The molecule has 0 atom stereocenters. The summed E-state index contributed by atoms with van der Waals surface area (Å²) in [5, 5.41) is 0. The Morgan fingerprint density at radius 2 is 1.23 bits per heavy atom. The Morgan fingerprint density at radius 1 is 0.800 bits per heavy atom. The normalized spacial score (nSPS) is 11.2. The van der Waals surface area contributed by atoms with E-state index in [0.717, 1.165) is 43.6 Å². The molecule has 0 aromatic carbocycles. The first-order valence-corrected chi connectivity index (χ1v) is 12.7. The lowest BCUT2D eigenvalue weighted by Gasteiger charge is -2.37. The van der Waals surface area contributed by atoms with Crippen molar-refractivity contribution in [2.75, 3.05) is 39.8 Å². The molecule has 0 saturated carbocycles. The van der Waals surface area contributed by atoms with Crippen molar-refractivity contribution in [2.24, 2.45) is 0 Å². The van der Waals surface area contributed by atoms with Gasteiger partial charge in [-0.15, -0.1) is 17.0 Å². The molecule has 3 nitrogen and oxygen atoms in total. The molecule has 4 heteroatoms. The van der Waals surface area contributed by atoms with Crippen LogP contribution in [0.4, 0.5) is 0 Å². The molecule has 0 saturated heterocycles. The zero-order valence-electron chi connectivity index (χ0n) is 20.9. The number of hydrogen-bond acceptors (Lipinski definition) is 1. The number of carbonyl (C=O) groups excluding carboxylic acids is 1. The van der Waals surface area contributed by atoms with Crippen LogP contribution >= 0.6 is 17.0 Å². The molecule has 180 valence electrons. The van der Waals surface area contributed by atoms with Gasteiger partial charge in [-0.2, -0.15) is 0 Å². The van der Waals surface area contributed by atoms with E-state index in [1.807, 2.05) is 18.0 Å². The second-order valence-electron chi connectivity index (χ2n) is 8.98. The first-order valence-electron chi connectivity index (χ1n) is 12.7. The summed E-state index contributed by atoms with van der Waals surface area (Å²) >= 11 is 0. The number of nitrogens with zero attached hydrogens (tertiary/aromatic N) is 2. The molecule has 1 amide bonds. The van der Waals surface area contributed by atoms with E-state index in [0.29, 0.717) is 12.3 Å². The Kier molecular flexibility index (Phi) is 23.2. The molecule has 30 heavy (non-hydrogen) atoms. The van der Waals surface area contributed by atoms with E-state index in [9.17, 15) is 4.79 Å². The van der Waals surface area contributed by atoms with Gasteiger partial charge < -0.3 is 9.38 Å². The maximum atomic E-state index is 12.4. The van der Waals surface area contributed by atoms with E-state index in [1.54, 1.807) is 0 Å². The molecule has 0 aliphatic heterocycles. The Balaban J connectivity index is 0. The molecule has 0 aliphatic carbocycles. The first kappa shape index (κ1) is 31.8. The molecule has 0 N–H and O–H groups in total. The van der Waals surface area contributed by atoms with Gasteiger partial charge in [-0.05, 0) is 26.3 Å². The van der Waals surface area contributed by atoms with E-state index < -0.39 is 0 Å². The largest absolute Gasteiger partial charge is 0.340 e. The van der Waals surface area contributed by atoms with Crippen LogP contribution in [0.25, 0.3) is 0 Å². The quantitative estimate of drug-likeness (QED) is 0.0924. The SMILES string of the molecule is Br.C=CC[N+](CC)(CC)CCN(C)C(=O)CCCCCCCCCCCCCCC. The zero-order valence-corrected chi connectivity index (χ0v) is 22.6. The van der Waals surface area contributed by atoms with Gasteiger partial charge >= 0.3 is 0 Å². The van der Waals surface area contributed by atoms with Crippen molar-refractivity contribution in [3.8, 4) is 0 Å². The highest BCUT2D eigenvalue weighted by Crippen LogP contribution is 2.13. The number of likely N-dealkylation sites (N-methyl/N-ethyl adjacent to an activating group) is 2. The number of rotatable bonds is 21. The molecule has 0 rings (SSSR count). The van der Waals surface area contributed by atoms with Gasteiger partial charge in [-0.1, -0.05) is 90.6 Å². The standard InChI is InChI=1S/C26H53N2O.BrH/c1-6-10-11-12-13-14-15-16-17-18-19-20-21-22-26(29)27(5)23-25-28(8-3,9-4)24-7-2;/h7H,2,6,8-25H2,1,3-5H3;1H/q+1;. The van der Waals surface area contributed by atoms with Gasteiger partial charge in [0.05, 0.1) is 32.7 Å². The van der Waals surface area contributed by atoms with Crippen molar-refractivity contribution in [3.05, 3.63) is 12.7 Å². The van der Waals surface area contributed by atoms with E-state index in [2.05, 4.69) is 27.4 Å². The Labute approximate surface area is 200 Å². The smallest absolute Gasteiger partial charge is 0.222 e. The van der Waals surface area contributed by atoms with Crippen molar-refractivity contribution in [2.45, 2.75) is 111 Å². The van der Waals surface area contributed by atoms with Crippen LogP contribution in [0.3, 0.4) is 0 Å². The zero-order chi connectivity index (χ0) is 21.8. The van der Waals surface area contributed by atoms with Crippen molar-refractivity contribution in [1.29, 1.82) is 0 Å². The summed E-state index contributed by atoms with van der Waals surface area (Å²) in [5.74, 6) is 0.317. The minimum Gasteiger partial charge on any atom is -0.340 e. The summed E-state index contributed by atoms with van der Waals surface area (Å²) in [6.45, 7) is 15.7. The summed E-state index contributed by atoms with van der Waals surface area (Å²) in [5.41, 5.74) is 0. The second kappa shape index (κ2) is 21.9. The van der Waals surface area contributed by atoms with Crippen LogP contribution < -0.4 is 0 Å². The van der Waals surface area contributed by atoms with E-state index in [1.165, 1.54) is 77.0 Å². The van der Waals surface area contributed by atoms with Crippen LogP contribution in [0.5, 0.6) is 0 Å². The minimum absolute atomic E-state index is 0. The number of amides is 1. The topological polar surface area (TPSA) is 20.3 Å². The molecule has 0 spiro atoms. The average Bonchev–Trinajstić information content (AvgIpc) is 2.74. The third-order valence-electron chi connectivity index (χ3n) is 6.69. The third-order valence-corrected chi connectivity index (χ3v) is 6.69. The number of unbranched alkanes of at least 4 members (excludes halogenated alkanes) is 12. The molecule has 0 unspecified atom stereocenters. The van der Waals surface area contributed by atoms with E-state index in [4.69, 9.17) is 0 Å². The van der Waals surface area contributed by atoms with Crippen LogP contribution in [0, 0.1) is 0 Å². The minimum atomic E-state index is 0. The summed E-state index contributed by atoms with van der Waals surface area (Å²) in [6.07, 6.45) is 20.3. The number of halogens is 1. The monoisotopic (exact) mass is 489 g/mol. The van der Waals surface area contributed by atoms with Crippen LogP contribution in [0.2, 0.25) is 0 Å². The third kappa shape index (κ3) is 16.4. The Bertz CT molecular complexity index is 396. The maximum absolute atomic E-state index is 12.4. The summed E-state index contributed by atoms with van der Waals surface area (Å²) in [4.78, 5) is 14.3. The molecule has 0 aromatic heterocycles. The number of quaternary nitrogens is 1. The Hall–Kier alpha value is -0.350. The molecular formula is C26H54BrN2O+. The average molecular weight is 491 g/mol. The highest BCUT2D eigenvalue weighted by Gasteiger charge is 2.22. The van der Waals surface area contributed by atoms with Gasteiger partial charge in [0.2, 0.25) is 5.91 Å². The first-order chi connectivity index (χ1) is 14.0. The summed E-state index contributed by atoms with van der Waals surface area (Å²) in [7, 11) is 1.97. The van der Waals surface area contributed by atoms with E-state index >= 15 is 0 Å². The number of hydrogen-bond donors (Lipinski definition) is 0. The second-order valence-corrected chi connectivity index (χ2v) is 8.98. The molecule has 0 heterocycles.